The van der Waals surface area contributed by atoms with Gasteiger partial charge < -0.3 is 15.1 Å². The maximum atomic E-state index is 12.8. The van der Waals surface area contributed by atoms with Gasteiger partial charge in [0.1, 0.15) is 0 Å². The molecular formula is C16H21NO4. The van der Waals surface area contributed by atoms with Crippen LogP contribution < -0.4 is 0 Å². The molecule has 5 heteroatoms. The molecule has 1 aromatic rings. The molecule has 114 valence electrons. The van der Waals surface area contributed by atoms with Crippen LogP contribution in [-0.4, -0.2) is 46.2 Å². The third-order valence-electron chi connectivity index (χ3n) is 4.17. The van der Waals surface area contributed by atoms with Crippen molar-refractivity contribution in [2.45, 2.75) is 39.2 Å². The third kappa shape index (κ3) is 2.93. The standard InChI is InChI=1S/C16H21NO4/c1-10-6-7-11(2)14(16(20)21)13(10)15(19)17(8-9-18)12-4-3-5-12/h6-7,12,18H,3-5,8-9H2,1-2H3,(H,20,21). The van der Waals surface area contributed by atoms with E-state index < -0.39 is 5.97 Å². The Bertz CT molecular complexity index is 564. The van der Waals surface area contributed by atoms with Crippen LogP contribution in [0.3, 0.4) is 0 Å². The fourth-order valence-corrected chi connectivity index (χ4v) is 2.76. The fraction of sp³-hybridized carbons (Fsp3) is 0.500. The molecule has 0 heterocycles. The Morgan fingerprint density at radius 2 is 1.76 bits per heavy atom. The largest absolute Gasteiger partial charge is 0.478 e. The molecule has 1 amide bonds. The summed E-state index contributed by atoms with van der Waals surface area (Å²) in [5.41, 5.74) is 1.56. The number of hydrogen-bond donors (Lipinski definition) is 2. The van der Waals surface area contributed by atoms with Gasteiger partial charge in [-0.15, -0.1) is 0 Å². The average molecular weight is 291 g/mol. The summed E-state index contributed by atoms with van der Waals surface area (Å²) in [5.74, 6) is -1.37. The van der Waals surface area contributed by atoms with E-state index >= 15 is 0 Å². The number of aryl methyl sites for hydroxylation is 2. The number of aliphatic hydroxyl groups is 1. The van der Waals surface area contributed by atoms with Gasteiger partial charge in [0.15, 0.2) is 0 Å². The number of amides is 1. The monoisotopic (exact) mass is 291 g/mol. The molecule has 0 saturated heterocycles. The van der Waals surface area contributed by atoms with Crippen molar-refractivity contribution in [1.82, 2.24) is 4.90 Å². The molecule has 0 aromatic heterocycles. The van der Waals surface area contributed by atoms with Crippen LogP contribution in [0.25, 0.3) is 0 Å². The number of nitrogens with zero attached hydrogens (tertiary/aromatic N) is 1. The fourth-order valence-electron chi connectivity index (χ4n) is 2.76. The predicted molar refractivity (Wildman–Crippen MR) is 78.6 cm³/mol. The van der Waals surface area contributed by atoms with Crippen LogP contribution in [-0.2, 0) is 0 Å². The zero-order valence-corrected chi connectivity index (χ0v) is 12.4. The van der Waals surface area contributed by atoms with E-state index in [9.17, 15) is 19.8 Å². The zero-order chi connectivity index (χ0) is 15.6. The quantitative estimate of drug-likeness (QED) is 0.869. The molecule has 0 atom stereocenters. The Labute approximate surface area is 124 Å². The second-order valence-electron chi connectivity index (χ2n) is 5.56. The van der Waals surface area contributed by atoms with Crippen LogP contribution in [0.2, 0.25) is 0 Å². The van der Waals surface area contributed by atoms with Crippen LogP contribution in [0.1, 0.15) is 51.1 Å². The lowest BCUT2D eigenvalue weighted by atomic mass is 9.89. The molecule has 0 spiro atoms. The van der Waals surface area contributed by atoms with Crippen molar-refractivity contribution in [3.63, 3.8) is 0 Å². The summed E-state index contributed by atoms with van der Waals surface area (Å²) in [6.07, 6.45) is 2.90. The van der Waals surface area contributed by atoms with Crippen molar-refractivity contribution >= 4 is 11.9 Å². The highest BCUT2D eigenvalue weighted by Crippen LogP contribution is 2.28. The molecule has 1 aliphatic rings. The number of rotatable bonds is 5. The summed E-state index contributed by atoms with van der Waals surface area (Å²) >= 11 is 0. The first-order valence-corrected chi connectivity index (χ1v) is 7.22. The van der Waals surface area contributed by atoms with Crippen molar-refractivity contribution in [2.24, 2.45) is 0 Å². The molecule has 1 fully saturated rings. The van der Waals surface area contributed by atoms with Crippen molar-refractivity contribution in [1.29, 1.82) is 0 Å². The minimum absolute atomic E-state index is 0.0715. The Kier molecular flexibility index (Phi) is 4.63. The summed E-state index contributed by atoms with van der Waals surface area (Å²) in [7, 11) is 0. The smallest absolute Gasteiger partial charge is 0.336 e. The summed E-state index contributed by atoms with van der Waals surface area (Å²) in [4.78, 5) is 26.0. The molecule has 5 nitrogen and oxygen atoms in total. The molecule has 0 radical (unpaired) electrons. The van der Waals surface area contributed by atoms with Crippen molar-refractivity contribution in [2.75, 3.05) is 13.2 Å². The van der Waals surface area contributed by atoms with Crippen molar-refractivity contribution < 1.29 is 19.8 Å². The molecule has 21 heavy (non-hydrogen) atoms. The number of aromatic carboxylic acids is 1. The molecule has 0 aliphatic heterocycles. The summed E-state index contributed by atoms with van der Waals surface area (Å²) in [6.45, 7) is 3.57. The van der Waals surface area contributed by atoms with E-state index in [1.54, 1.807) is 30.9 Å². The van der Waals surface area contributed by atoms with Gasteiger partial charge in [0.2, 0.25) is 0 Å². The Morgan fingerprint density at radius 1 is 1.19 bits per heavy atom. The van der Waals surface area contributed by atoms with Gasteiger partial charge in [-0.25, -0.2) is 4.79 Å². The second-order valence-corrected chi connectivity index (χ2v) is 5.56. The van der Waals surface area contributed by atoms with Crippen LogP contribution in [0.5, 0.6) is 0 Å². The second kappa shape index (κ2) is 6.26. The highest BCUT2D eigenvalue weighted by atomic mass is 16.4. The Morgan fingerprint density at radius 3 is 2.19 bits per heavy atom. The summed E-state index contributed by atoms with van der Waals surface area (Å²) in [5, 5.41) is 18.6. The van der Waals surface area contributed by atoms with Crippen molar-refractivity contribution in [3.05, 3.63) is 34.4 Å². The lowest BCUT2D eigenvalue weighted by molar-refractivity contribution is 0.0515. The molecule has 1 aliphatic carbocycles. The van der Waals surface area contributed by atoms with E-state index in [0.717, 1.165) is 19.3 Å². The van der Waals surface area contributed by atoms with Crippen LogP contribution in [0, 0.1) is 13.8 Å². The molecule has 0 bridgehead atoms. The maximum Gasteiger partial charge on any atom is 0.336 e. The average Bonchev–Trinajstić information content (AvgIpc) is 2.37. The summed E-state index contributed by atoms with van der Waals surface area (Å²) in [6, 6.07) is 3.61. The van der Waals surface area contributed by atoms with Gasteiger partial charge in [-0.2, -0.15) is 0 Å². The molecule has 2 N–H and O–H groups in total. The molecule has 2 rings (SSSR count). The molecular weight excluding hydrogens is 270 g/mol. The molecule has 0 unspecified atom stereocenters. The van der Waals surface area contributed by atoms with Gasteiger partial charge in [0, 0.05) is 12.6 Å². The highest BCUT2D eigenvalue weighted by Gasteiger charge is 2.32. The minimum Gasteiger partial charge on any atom is -0.478 e. The lowest BCUT2D eigenvalue weighted by Gasteiger charge is -2.37. The third-order valence-corrected chi connectivity index (χ3v) is 4.17. The number of carbonyl (C=O) groups is 2. The number of hydrogen-bond acceptors (Lipinski definition) is 3. The minimum atomic E-state index is -1.09. The van der Waals surface area contributed by atoms with E-state index in [0.29, 0.717) is 11.1 Å². The lowest BCUT2D eigenvalue weighted by Crippen LogP contribution is -2.46. The normalized spacial score (nSPS) is 14.6. The van der Waals surface area contributed by atoms with Gasteiger partial charge in [0.05, 0.1) is 17.7 Å². The van der Waals surface area contributed by atoms with Crippen molar-refractivity contribution in [3.8, 4) is 0 Å². The van der Waals surface area contributed by atoms with E-state index in [-0.39, 0.29) is 36.2 Å². The Hall–Kier alpha value is -1.88. The van der Waals surface area contributed by atoms with Gasteiger partial charge in [-0.05, 0) is 44.2 Å². The maximum absolute atomic E-state index is 12.8. The molecule has 1 aromatic carbocycles. The highest BCUT2D eigenvalue weighted by molar-refractivity contribution is 6.06. The Balaban J connectivity index is 2.45. The zero-order valence-electron chi connectivity index (χ0n) is 12.4. The van der Waals surface area contributed by atoms with Gasteiger partial charge in [-0.3, -0.25) is 4.79 Å². The number of carboxylic acids is 1. The first-order valence-electron chi connectivity index (χ1n) is 7.22. The van der Waals surface area contributed by atoms with Gasteiger partial charge >= 0.3 is 5.97 Å². The number of aliphatic hydroxyl groups excluding tert-OH is 1. The summed E-state index contributed by atoms with van der Waals surface area (Å²) < 4.78 is 0. The van der Waals surface area contributed by atoms with E-state index in [1.807, 2.05) is 0 Å². The first kappa shape index (κ1) is 15.5. The number of carbonyl (C=O) groups excluding carboxylic acids is 1. The van der Waals surface area contributed by atoms with Gasteiger partial charge in [0.25, 0.3) is 5.91 Å². The first-order chi connectivity index (χ1) is 9.97. The van der Waals surface area contributed by atoms with E-state index in [4.69, 9.17) is 0 Å². The van der Waals surface area contributed by atoms with Crippen LogP contribution >= 0.6 is 0 Å². The molecule has 1 saturated carbocycles. The van der Waals surface area contributed by atoms with E-state index in [2.05, 4.69) is 0 Å². The SMILES string of the molecule is Cc1ccc(C)c(C(=O)N(CCO)C2CCC2)c1C(=O)O. The number of benzene rings is 1. The number of carboxylic acid groups (broad SMARTS) is 1. The van der Waals surface area contributed by atoms with Crippen LogP contribution in [0.4, 0.5) is 0 Å². The topological polar surface area (TPSA) is 77.8 Å². The predicted octanol–water partition coefficient (Wildman–Crippen LogP) is 1.99. The van der Waals surface area contributed by atoms with Gasteiger partial charge in [-0.1, -0.05) is 12.1 Å². The van der Waals surface area contributed by atoms with E-state index in [1.165, 1.54) is 0 Å². The van der Waals surface area contributed by atoms with Crippen LogP contribution in [0.15, 0.2) is 12.1 Å².